The first-order chi connectivity index (χ1) is 13.4. The fourth-order valence-electron chi connectivity index (χ4n) is 3.85. The molecule has 1 fully saturated rings. The van der Waals surface area contributed by atoms with E-state index in [4.69, 9.17) is 5.10 Å². The summed E-state index contributed by atoms with van der Waals surface area (Å²) in [6.07, 6.45) is 6.10. The summed E-state index contributed by atoms with van der Waals surface area (Å²) in [6, 6.07) is 15.5. The van der Waals surface area contributed by atoms with Gasteiger partial charge in [0.25, 0.3) is 10.0 Å². The summed E-state index contributed by atoms with van der Waals surface area (Å²) >= 11 is 0. The van der Waals surface area contributed by atoms with Crippen molar-refractivity contribution < 1.29 is 8.42 Å². The lowest BCUT2D eigenvalue weighted by Gasteiger charge is -2.11. The van der Waals surface area contributed by atoms with Crippen LogP contribution >= 0.6 is 0 Å². The molecule has 1 heterocycles. The Balaban J connectivity index is 1.78. The van der Waals surface area contributed by atoms with Gasteiger partial charge in [0.05, 0.1) is 11.7 Å². The Hall–Kier alpha value is -2.60. The van der Waals surface area contributed by atoms with E-state index in [-0.39, 0.29) is 10.9 Å². The molecule has 0 radical (unpaired) electrons. The van der Waals surface area contributed by atoms with Crippen LogP contribution in [0.4, 0.5) is 5.69 Å². The number of aryl methyl sites for hydroxylation is 2. The number of sulfonamides is 1. The van der Waals surface area contributed by atoms with E-state index in [2.05, 4.69) is 4.72 Å². The first-order valence-electron chi connectivity index (χ1n) is 9.69. The largest absolute Gasteiger partial charge is 0.279 e. The molecule has 1 saturated carbocycles. The van der Waals surface area contributed by atoms with Gasteiger partial charge in [0.2, 0.25) is 0 Å². The van der Waals surface area contributed by atoms with Crippen LogP contribution < -0.4 is 4.72 Å². The topological polar surface area (TPSA) is 64.0 Å². The third-order valence-corrected chi connectivity index (χ3v) is 6.73. The maximum absolute atomic E-state index is 13.3. The highest BCUT2D eigenvalue weighted by atomic mass is 32.2. The van der Waals surface area contributed by atoms with Crippen LogP contribution in [0.5, 0.6) is 0 Å². The zero-order valence-electron chi connectivity index (χ0n) is 16.2. The van der Waals surface area contributed by atoms with Gasteiger partial charge >= 0.3 is 0 Å². The Morgan fingerprint density at radius 2 is 1.75 bits per heavy atom. The second-order valence-corrected chi connectivity index (χ2v) is 9.20. The van der Waals surface area contributed by atoms with Crippen molar-refractivity contribution in [1.29, 1.82) is 0 Å². The number of hydrogen-bond donors (Lipinski definition) is 1. The lowest BCUT2D eigenvalue weighted by atomic mass is 10.1. The molecule has 1 aliphatic rings. The normalized spacial score (nSPS) is 15.1. The summed E-state index contributed by atoms with van der Waals surface area (Å²) in [4.78, 5) is 0.227. The molecule has 1 aliphatic carbocycles. The van der Waals surface area contributed by atoms with Crippen LogP contribution in [0.3, 0.4) is 0 Å². The van der Waals surface area contributed by atoms with E-state index < -0.39 is 10.0 Å². The zero-order valence-corrected chi connectivity index (χ0v) is 17.0. The molecule has 0 aliphatic heterocycles. The van der Waals surface area contributed by atoms with Gasteiger partial charge in [0, 0.05) is 11.8 Å². The highest BCUT2D eigenvalue weighted by Crippen LogP contribution is 2.34. The predicted octanol–water partition coefficient (Wildman–Crippen LogP) is 5.08. The van der Waals surface area contributed by atoms with Crippen LogP contribution in [-0.4, -0.2) is 18.2 Å². The molecule has 0 bridgehead atoms. The standard InChI is InChI=1S/C22H25N3O2S/c1-16-12-13-20(17(2)14-16)24-28(26,27)21-15-25(19-10-6-7-11-19)23-22(21)18-8-4-3-5-9-18/h3-5,8-9,12-15,19,24H,6-7,10-11H2,1-2H3. The van der Waals surface area contributed by atoms with Crippen molar-refractivity contribution in [2.24, 2.45) is 0 Å². The zero-order chi connectivity index (χ0) is 19.7. The molecule has 4 rings (SSSR count). The molecule has 2 aromatic carbocycles. The lowest BCUT2D eigenvalue weighted by Crippen LogP contribution is -2.14. The molecule has 1 N–H and O–H groups in total. The van der Waals surface area contributed by atoms with E-state index >= 15 is 0 Å². The van der Waals surface area contributed by atoms with E-state index in [1.807, 2.05) is 67.1 Å². The van der Waals surface area contributed by atoms with E-state index in [9.17, 15) is 8.42 Å². The third kappa shape index (κ3) is 3.69. The van der Waals surface area contributed by atoms with Crippen LogP contribution in [0.25, 0.3) is 11.3 Å². The van der Waals surface area contributed by atoms with Crippen LogP contribution in [0.2, 0.25) is 0 Å². The molecule has 0 saturated heterocycles. The monoisotopic (exact) mass is 395 g/mol. The molecule has 146 valence electrons. The lowest BCUT2D eigenvalue weighted by molar-refractivity contribution is 0.467. The van der Waals surface area contributed by atoms with E-state index in [1.165, 1.54) is 0 Å². The van der Waals surface area contributed by atoms with E-state index in [0.29, 0.717) is 11.4 Å². The van der Waals surface area contributed by atoms with Gasteiger partial charge in [-0.1, -0.05) is 60.9 Å². The Labute approximate surface area is 166 Å². The van der Waals surface area contributed by atoms with Gasteiger partial charge in [-0.25, -0.2) is 8.42 Å². The van der Waals surface area contributed by atoms with E-state index in [1.54, 1.807) is 6.20 Å². The average molecular weight is 396 g/mol. The summed E-state index contributed by atoms with van der Waals surface area (Å²) in [5.41, 5.74) is 3.90. The summed E-state index contributed by atoms with van der Waals surface area (Å²) < 4.78 is 31.2. The van der Waals surface area contributed by atoms with Gasteiger partial charge < -0.3 is 0 Å². The molecule has 0 spiro atoms. The van der Waals surface area contributed by atoms with Gasteiger partial charge in [-0.2, -0.15) is 5.10 Å². The fourth-order valence-corrected chi connectivity index (χ4v) is 5.14. The van der Waals surface area contributed by atoms with Crippen molar-refractivity contribution in [3.63, 3.8) is 0 Å². The second kappa shape index (κ2) is 7.43. The fraction of sp³-hybridized carbons (Fsp3) is 0.318. The first kappa shape index (κ1) is 18.7. The van der Waals surface area contributed by atoms with Gasteiger partial charge in [0.1, 0.15) is 10.6 Å². The maximum Gasteiger partial charge on any atom is 0.265 e. The highest BCUT2D eigenvalue weighted by molar-refractivity contribution is 7.92. The first-order valence-corrected chi connectivity index (χ1v) is 11.2. The van der Waals surface area contributed by atoms with Gasteiger partial charge in [0.15, 0.2) is 0 Å². The maximum atomic E-state index is 13.3. The number of nitrogens with zero attached hydrogens (tertiary/aromatic N) is 2. The number of benzene rings is 2. The molecule has 0 atom stereocenters. The molecule has 5 nitrogen and oxygen atoms in total. The Kier molecular flexibility index (Phi) is 4.98. The SMILES string of the molecule is Cc1ccc(NS(=O)(=O)c2cn(C3CCCC3)nc2-c2ccccc2)c(C)c1. The number of aromatic nitrogens is 2. The second-order valence-electron chi connectivity index (χ2n) is 7.55. The van der Waals surface area contributed by atoms with Crippen molar-refractivity contribution in [3.05, 3.63) is 65.9 Å². The minimum Gasteiger partial charge on any atom is -0.279 e. The summed E-state index contributed by atoms with van der Waals surface area (Å²) in [6.45, 7) is 3.90. The van der Waals surface area contributed by atoms with Gasteiger partial charge in [-0.15, -0.1) is 0 Å². The van der Waals surface area contributed by atoms with Crippen molar-refractivity contribution in [3.8, 4) is 11.3 Å². The quantitative estimate of drug-likeness (QED) is 0.655. The third-order valence-electron chi connectivity index (χ3n) is 5.36. The highest BCUT2D eigenvalue weighted by Gasteiger charge is 2.27. The number of anilines is 1. The molecule has 0 unspecified atom stereocenters. The minimum absolute atomic E-state index is 0.227. The summed E-state index contributed by atoms with van der Waals surface area (Å²) in [5, 5.41) is 4.70. The average Bonchev–Trinajstić information content (AvgIpc) is 3.34. The number of nitrogens with one attached hydrogen (secondary N) is 1. The van der Waals surface area contributed by atoms with Crippen molar-refractivity contribution in [1.82, 2.24) is 9.78 Å². The summed E-state index contributed by atoms with van der Waals surface area (Å²) in [5.74, 6) is 0. The van der Waals surface area contributed by atoms with Crippen LogP contribution in [0.1, 0.15) is 42.9 Å². The predicted molar refractivity (Wildman–Crippen MR) is 112 cm³/mol. The minimum atomic E-state index is -3.77. The van der Waals surface area contributed by atoms with E-state index in [0.717, 1.165) is 42.4 Å². The number of hydrogen-bond acceptors (Lipinski definition) is 3. The Morgan fingerprint density at radius 1 is 1.04 bits per heavy atom. The van der Waals surface area contributed by atoms with Crippen molar-refractivity contribution >= 4 is 15.7 Å². The Morgan fingerprint density at radius 3 is 2.43 bits per heavy atom. The molecule has 6 heteroatoms. The Bertz CT molecular complexity index is 1080. The van der Waals surface area contributed by atoms with Crippen molar-refractivity contribution in [2.45, 2.75) is 50.5 Å². The van der Waals surface area contributed by atoms with Crippen molar-refractivity contribution in [2.75, 3.05) is 4.72 Å². The molecule has 0 amide bonds. The number of rotatable bonds is 5. The van der Waals surface area contributed by atoms with Gasteiger partial charge in [-0.3, -0.25) is 9.40 Å². The smallest absolute Gasteiger partial charge is 0.265 e. The van der Waals surface area contributed by atoms with Crippen LogP contribution in [0, 0.1) is 13.8 Å². The van der Waals surface area contributed by atoms with Gasteiger partial charge in [-0.05, 0) is 38.3 Å². The summed E-state index contributed by atoms with van der Waals surface area (Å²) in [7, 11) is -3.77. The van der Waals surface area contributed by atoms with Crippen LogP contribution in [-0.2, 0) is 10.0 Å². The molecular formula is C22H25N3O2S. The molecular weight excluding hydrogens is 370 g/mol. The molecule has 3 aromatic rings. The molecule has 1 aromatic heterocycles. The molecule has 28 heavy (non-hydrogen) atoms. The van der Waals surface area contributed by atoms with Crippen LogP contribution in [0.15, 0.2) is 59.6 Å².